The van der Waals surface area contributed by atoms with Gasteiger partial charge in [-0.15, -0.1) is 0 Å². The van der Waals surface area contributed by atoms with Gasteiger partial charge in [-0.05, 0) is 47.1 Å². The lowest BCUT2D eigenvalue weighted by atomic mass is 9.81. The summed E-state index contributed by atoms with van der Waals surface area (Å²) in [5.74, 6) is -3.81. The Balaban J connectivity index is 1.72. The van der Waals surface area contributed by atoms with Crippen molar-refractivity contribution in [1.29, 1.82) is 0 Å². The van der Waals surface area contributed by atoms with Gasteiger partial charge in [0.25, 0.3) is 0 Å². The lowest BCUT2D eigenvalue weighted by Gasteiger charge is -2.32. The molecular formula is C32H36F3NO5. The van der Waals surface area contributed by atoms with Crippen molar-refractivity contribution in [2.24, 2.45) is 11.3 Å². The SMILES string of the molecule is CCC[C@@]1(c2cc(F)cc(OCc3ccc(-c4cc(OC)ncc4F)c([C@H](OC)C(C)(C)C)c3)c2F)C[C@H]1C(=O)O. The number of benzene rings is 2. The van der Waals surface area contributed by atoms with Crippen LogP contribution in [0.2, 0.25) is 0 Å². The number of methoxy groups -OCH3 is 2. The maximum atomic E-state index is 15.7. The second-order valence-electron chi connectivity index (χ2n) is 11.7. The summed E-state index contributed by atoms with van der Waals surface area (Å²) in [6, 6.07) is 8.82. The number of carboxylic acids is 1. The van der Waals surface area contributed by atoms with E-state index in [0.29, 0.717) is 29.5 Å². The number of ether oxygens (including phenoxy) is 3. The van der Waals surface area contributed by atoms with Gasteiger partial charge in [0.2, 0.25) is 5.88 Å². The van der Waals surface area contributed by atoms with Gasteiger partial charge in [-0.25, -0.2) is 18.2 Å². The second kappa shape index (κ2) is 11.7. The van der Waals surface area contributed by atoms with Crippen molar-refractivity contribution in [2.45, 2.75) is 65.1 Å². The van der Waals surface area contributed by atoms with E-state index in [-0.39, 0.29) is 41.2 Å². The molecule has 1 aliphatic carbocycles. The molecule has 1 heterocycles. The number of pyridine rings is 1. The van der Waals surface area contributed by atoms with Crippen molar-refractivity contribution >= 4 is 5.97 Å². The zero-order valence-electron chi connectivity index (χ0n) is 24.2. The first-order valence-corrected chi connectivity index (χ1v) is 13.6. The Morgan fingerprint density at radius 3 is 2.44 bits per heavy atom. The number of carboxylic acid groups (broad SMARTS) is 1. The van der Waals surface area contributed by atoms with Crippen molar-refractivity contribution in [3.05, 3.63) is 76.7 Å². The van der Waals surface area contributed by atoms with Gasteiger partial charge >= 0.3 is 5.97 Å². The van der Waals surface area contributed by atoms with Crippen LogP contribution in [0.25, 0.3) is 11.1 Å². The molecule has 0 unspecified atom stereocenters. The fraction of sp³-hybridized carbons (Fsp3) is 0.438. The van der Waals surface area contributed by atoms with E-state index in [1.165, 1.54) is 13.2 Å². The largest absolute Gasteiger partial charge is 0.486 e. The maximum absolute atomic E-state index is 15.7. The maximum Gasteiger partial charge on any atom is 0.307 e. The van der Waals surface area contributed by atoms with E-state index in [2.05, 4.69) is 4.98 Å². The van der Waals surface area contributed by atoms with E-state index in [1.54, 1.807) is 25.3 Å². The fourth-order valence-electron chi connectivity index (χ4n) is 5.83. The zero-order valence-corrected chi connectivity index (χ0v) is 24.2. The van der Waals surface area contributed by atoms with E-state index < -0.39 is 40.9 Å². The minimum atomic E-state index is -1.02. The second-order valence-corrected chi connectivity index (χ2v) is 11.7. The summed E-state index contributed by atoms with van der Waals surface area (Å²) in [7, 11) is 3.02. The Kier molecular flexibility index (Phi) is 8.68. The highest BCUT2D eigenvalue weighted by atomic mass is 19.1. The minimum Gasteiger partial charge on any atom is -0.486 e. The number of hydrogen-bond donors (Lipinski definition) is 1. The third kappa shape index (κ3) is 6.05. The fourth-order valence-corrected chi connectivity index (χ4v) is 5.83. The quantitative estimate of drug-likeness (QED) is 0.255. The van der Waals surface area contributed by atoms with Crippen LogP contribution in [0, 0.1) is 28.8 Å². The van der Waals surface area contributed by atoms with E-state index in [0.717, 1.165) is 18.3 Å². The summed E-state index contributed by atoms with van der Waals surface area (Å²) in [6.45, 7) is 7.76. The molecule has 1 saturated carbocycles. The summed E-state index contributed by atoms with van der Waals surface area (Å²) >= 11 is 0. The molecule has 0 bridgehead atoms. The summed E-state index contributed by atoms with van der Waals surface area (Å²) < 4.78 is 62.2. The van der Waals surface area contributed by atoms with Gasteiger partial charge < -0.3 is 19.3 Å². The van der Waals surface area contributed by atoms with Crippen LogP contribution in [0.4, 0.5) is 13.2 Å². The number of aliphatic carboxylic acids is 1. The van der Waals surface area contributed by atoms with Crippen molar-refractivity contribution in [2.75, 3.05) is 14.2 Å². The summed E-state index contributed by atoms with van der Waals surface area (Å²) in [4.78, 5) is 15.6. The first kappa shape index (κ1) is 30.4. The predicted octanol–water partition coefficient (Wildman–Crippen LogP) is 7.63. The van der Waals surface area contributed by atoms with E-state index >= 15 is 4.39 Å². The molecule has 41 heavy (non-hydrogen) atoms. The highest BCUT2D eigenvalue weighted by molar-refractivity contribution is 5.77. The van der Waals surface area contributed by atoms with Crippen LogP contribution in [-0.4, -0.2) is 30.3 Å². The monoisotopic (exact) mass is 571 g/mol. The number of halogens is 3. The van der Waals surface area contributed by atoms with Gasteiger partial charge in [0.1, 0.15) is 18.2 Å². The topological polar surface area (TPSA) is 77.9 Å². The molecule has 6 nitrogen and oxygen atoms in total. The summed E-state index contributed by atoms with van der Waals surface area (Å²) in [5, 5.41) is 9.57. The number of hydrogen-bond acceptors (Lipinski definition) is 5. The smallest absolute Gasteiger partial charge is 0.307 e. The molecule has 4 rings (SSSR count). The first-order chi connectivity index (χ1) is 19.4. The molecule has 1 N–H and O–H groups in total. The standard InChI is InChI=1S/C32H36F3NO5/c1-7-10-32(15-24(32)30(37)38)23-12-19(33)13-26(28(23)35)41-17-18-8-9-20(21-14-27(39-5)36-16-25(21)34)22(11-18)29(40-6)31(2,3)4/h8-9,11-14,16,24,29H,7,10,15,17H2,1-6H3,(H,37,38)/t24-,29-,32-/m0/s1. The Morgan fingerprint density at radius 2 is 1.85 bits per heavy atom. The van der Waals surface area contributed by atoms with Crippen molar-refractivity contribution in [1.82, 2.24) is 4.98 Å². The van der Waals surface area contributed by atoms with Crippen LogP contribution >= 0.6 is 0 Å². The Morgan fingerprint density at radius 1 is 1.12 bits per heavy atom. The minimum absolute atomic E-state index is 0.0343. The average molecular weight is 572 g/mol. The highest BCUT2D eigenvalue weighted by Gasteiger charge is 2.60. The summed E-state index contributed by atoms with van der Waals surface area (Å²) in [5.41, 5.74) is 0.865. The molecule has 220 valence electrons. The molecule has 1 aromatic heterocycles. The van der Waals surface area contributed by atoms with Crippen molar-refractivity contribution in [3.8, 4) is 22.8 Å². The number of rotatable bonds is 11. The van der Waals surface area contributed by atoms with Gasteiger partial charge in [-0.2, -0.15) is 0 Å². The van der Waals surface area contributed by atoms with Gasteiger partial charge in [0.15, 0.2) is 11.6 Å². The molecule has 3 aromatic rings. The molecular weight excluding hydrogens is 535 g/mol. The van der Waals surface area contributed by atoms with E-state index in [1.807, 2.05) is 27.7 Å². The van der Waals surface area contributed by atoms with E-state index in [4.69, 9.17) is 14.2 Å². The normalized spacial score (nSPS) is 19.1. The number of aromatic nitrogens is 1. The van der Waals surface area contributed by atoms with Gasteiger partial charge in [0.05, 0.1) is 25.3 Å². The van der Waals surface area contributed by atoms with Gasteiger partial charge in [-0.1, -0.05) is 46.2 Å². The van der Waals surface area contributed by atoms with Crippen molar-refractivity contribution in [3.63, 3.8) is 0 Å². The van der Waals surface area contributed by atoms with Crippen LogP contribution in [0.5, 0.6) is 11.6 Å². The Bertz CT molecular complexity index is 1440. The van der Waals surface area contributed by atoms with Crippen molar-refractivity contribution < 1.29 is 37.3 Å². The molecule has 0 amide bonds. The van der Waals surface area contributed by atoms with E-state index in [9.17, 15) is 18.7 Å². The average Bonchev–Trinajstić information content (AvgIpc) is 3.65. The number of nitrogens with zero attached hydrogens (tertiary/aromatic N) is 1. The van der Waals surface area contributed by atoms with Crippen LogP contribution in [0.15, 0.2) is 42.6 Å². The molecule has 2 aromatic carbocycles. The summed E-state index contributed by atoms with van der Waals surface area (Å²) in [6.07, 6.45) is 1.95. The molecule has 1 aliphatic rings. The Labute approximate surface area is 238 Å². The number of carbonyl (C=O) groups is 1. The molecule has 1 fully saturated rings. The van der Waals surface area contributed by atoms with Crippen LogP contribution < -0.4 is 9.47 Å². The van der Waals surface area contributed by atoms with Crippen LogP contribution in [0.3, 0.4) is 0 Å². The lowest BCUT2D eigenvalue weighted by Crippen LogP contribution is -2.21. The lowest BCUT2D eigenvalue weighted by molar-refractivity contribution is -0.139. The van der Waals surface area contributed by atoms with Gasteiger partial charge in [-0.3, -0.25) is 4.79 Å². The third-order valence-electron chi connectivity index (χ3n) is 7.75. The van der Waals surface area contributed by atoms with Crippen LogP contribution in [0.1, 0.15) is 69.8 Å². The molecule has 0 saturated heterocycles. The zero-order chi connectivity index (χ0) is 30.1. The predicted molar refractivity (Wildman–Crippen MR) is 148 cm³/mol. The molecule has 9 heteroatoms. The molecule has 0 radical (unpaired) electrons. The molecule has 3 atom stereocenters. The first-order valence-electron chi connectivity index (χ1n) is 13.6. The van der Waals surface area contributed by atoms with Crippen LogP contribution in [-0.2, 0) is 21.6 Å². The third-order valence-corrected chi connectivity index (χ3v) is 7.75. The molecule has 0 spiro atoms. The Hall–Kier alpha value is -3.59. The highest BCUT2D eigenvalue weighted by Crippen LogP contribution is 2.59. The van der Waals surface area contributed by atoms with Gasteiger partial charge in [0, 0.05) is 35.8 Å². The molecule has 0 aliphatic heterocycles.